The number of ether oxygens (including phenoxy) is 1. The lowest BCUT2D eigenvalue weighted by molar-refractivity contribution is 0.0600. The van der Waals surface area contributed by atoms with E-state index in [9.17, 15) is 4.79 Å². The number of hydrogen-bond donors (Lipinski definition) is 0. The van der Waals surface area contributed by atoms with Gasteiger partial charge in [0.2, 0.25) is 0 Å². The van der Waals surface area contributed by atoms with Crippen molar-refractivity contribution in [3.05, 3.63) is 41.5 Å². The van der Waals surface area contributed by atoms with E-state index < -0.39 is 5.97 Å². The molecule has 2 heteroatoms. The summed E-state index contributed by atoms with van der Waals surface area (Å²) in [6.07, 6.45) is 6.93. The molecular weight excluding hydrogens is 176 g/mol. The SMILES string of the molecule is C#Cc1c(C=C)cccc1C(=O)OC. The third kappa shape index (κ3) is 1.67. The van der Waals surface area contributed by atoms with Crippen molar-refractivity contribution < 1.29 is 9.53 Å². The zero-order valence-electron chi connectivity index (χ0n) is 7.91. The van der Waals surface area contributed by atoms with Gasteiger partial charge in [-0.2, -0.15) is 0 Å². The van der Waals surface area contributed by atoms with Crippen molar-refractivity contribution >= 4 is 12.0 Å². The summed E-state index contributed by atoms with van der Waals surface area (Å²) in [4.78, 5) is 11.3. The third-order valence-electron chi connectivity index (χ3n) is 1.87. The smallest absolute Gasteiger partial charge is 0.339 e. The maximum absolute atomic E-state index is 11.3. The fourth-order valence-electron chi connectivity index (χ4n) is 1.18. The highest BCUT2D eigenvalue weighted by Gasteiger charge is 2.11. The van der Waals surface area contributed by atoms with Crippen molar-refractivity contribution in [2.24, 2.45) is 0 Å². The molecule has 0 fully saturated rings. The van der Waals surface area contributed by atoms with E-state index in [0.29, 0.717) is 11.1 Å². The number of rotatable bonds is 2. The van der Waals surface area contributed by atoms with Gasteiger partial charge in [-0.05, 0) is 11.6 Å². The molecule has 1 rings (SSSR count). The van der Waals surface area contributed by atoms with Crippen LogP contribution < -0.4 is 0 Å². The molecule has 0 radical (unpaired) electrons. The summed E-state index contributed by atoms with van der Waals surface area (Å²) in [7, 11) is 1.32. The molecule has 0 aliphatic rings. The lowest BCUT2D eigenvalue weighted by Crippen LogP contribution is -2.04. The van der Waals surface area contributed by atoms with Crippen LogP contribution in [0.4, 0.5) is 0 Å². The largest absolute Gasteiger partial charge is 0.465 e. The second kappa shape index (κ2) is 4.29. The van der Waals surface area contributed by atoms with Gasteiger partial charge >= 0.3 is 5.97 Å². The van der Waals surface area contributed by atoms with Crippen LogP contribution in [0.1, 0.15) is 21.5 Å². The van der Waals surface area contributed by atoms with Crippen molar-refractivity contribution in [1.82, 2.24) is 0 Å². The summed E-state index contributed by atoms with van der Waals surface area (Å²) in [5.41, 5.74) is 1.68. The first-order chi connectivity index (χ1) is 6.74. The molecule has 1 aromatic carbocycles. The van der Waals surface area contributed by atoms with Gasteiger partial charge in [0.1, 0.15) is 0 Å². The van der Waals surface area contributed by atoms with Crippen LogP contribution in [0.15, 0.2) is 24.8 Å². The minimum absolute atomic E-state index is 0.396. The molecule has 0 aliphatic carbocycles. The fraction of sp³-hybridized carbons (Fsp3) is 0.0833. The van der Waals surface area contributed by atoms with Gasteiger partial charge in [-0.25, -0.2) is 4.79 Å². The molecule has 0 spiro atoms. The number of benzene rings is 1. The number of hydrogen-bond acceptors (Lipinski definition) is 2. The van der Waals surface area contributed by atoms with Gasteiger partial charge in [0.25, 0.3) is 0 Å². The van der Waals surface area contributed by atoms with E-state index in [-0.39, 0.29) is 0 Å². The number of methoxy groups -OCH3 is 1. The van der Waals surface area contributed by atoms with E-state index in [4.69, 9.17) is 6.42 Å². The van der Waals surface area contributed by atoms with Crippen molar-refractivity contribution in [1.29, 1.82) is 0 Å². The molecule has 14 heavy (non-hydrogen) atoms. The van der Waals surface area contributed by atoms with Crippen molar-refractivity contribution in [2.75, 3.05) is 7.11 Å². The Kier molecular flexibility index (Phi) is 3.09. The van der Waals surface area contributed by atoms with Gasteiger partial charge in [-0.15, -0.1) is 6.42 Å². The highest BCUT2D eigenvalue weighted by Crippen LogP contribution is 2.15. The molecule has 2 nitrogen and oxygen atoms in total. The zero-order valence-corrected chi connectivity index (χ0v) is 7.91. The number of carbonyl (C=O) groups is 1. The molecule has 0 unspecified atom stereocenters. The summed E-state index contributed by atoms with van der Waals surface area (Å²) in [5.74, 6) is 2.03. The van der Waals surface area contributed by atoms with Crippen LogP contribution in [0.5, 0.6) is 0 Å². The topological polar surface area (TPSA) is 26.3 Å². The van der Waals surface area contributed by atoms with Crippen LogP contribution in [0.25, 0.3) is 6.08 Å². The van der Waals surface area contributed by atoms with Crippen molar-refractivity contribution in [2.45, 2.75) is 0 Å². The standard InChI is InChI=1S/C12H10O2/c1-4-9-7-6-8-11(10(9)5-2)12(13)14-3/h2,4,6-8H,1H2,3H3. The fourth-order valence-corrected chi connectivity index (χ4v) is 1.18. The Labute approximate surface area is 83.2 Å². The molecule has 0 heterocycles. The molecule has 0 amide bonds. The molecule has 0 saturated carbocycles. The van der Waals surface area contributed by atoms with Crippen LogP contribution in [0.2, 0.25) is 0 Å². The molecule has 0 saturated heterocycles. The van der Waals surface area contributed by atoms with Gasteiger partial charge in [-0.3, -0.25) is 0 Å². The average molecular weight is 186 g/mol. The van der Waals surface area contributed by atoms with Crippen LogP contribution in [0.3, 0.4) is 0 Å². The predicted octanol–water partition coefficient (Wildman–Crippen LogP) is 2.10. The van der Waals surface area contributed by atoms with Crippen LogP contribution in [-0.4, -0.2) is 13.1 Å². The Morgan fingerprint density at radius 2 is 2.36 bits per heavy atom. The van der Waals surface area contributed by atoms with Gasteiger partial charge in [0.15, 0.2) is 0 Å². The van der Waals surface area contributed by atoms with Crippen molar-refractivity contribution in [3.8, 4) is 12.3 Å². The Bertz CT molecular complexity index is 411. The Morgan fingerprint density at radius 1 is 1.64 bits per heavy atom. The average Bonchev–Trinajstić information content (AvgIpc) is 2.26. The van der Waals surface area contributed by atoms with E-state index in [2.05, 4.69) is 17.2 Å². The van der Waals surface area contributed by atoms with E-state index in [1.807, 2.05) is 0 Å². The van der Waals surface area contributed by atoms with Gasteiger partial charge in [-0.1, -0.05) is 30.7 Å². The predicted molar refractivity (Wildman–Crippen MR) is 55.8 cm³/mol. The second-order valence-corrected chi connectivity index (χ2v) is 2.61. The number of terminal acetylenes is 1. The molecule has 0 bridgehead atoms. The first kappa shape index (κ1) is 10.1. The number of carbonyl (C=O) groups excluding carboxylic acids is 1. The maximum Gasteiger partial charge on any atom is 0.339 e. The quantitative estimate of drug-likeness (QED) is 0.522. The van der Waals surface area contributed by atoms with E-state index in [1.165, 1.54) is 7.11 Å². The number of esters is 1. The minimum atomic E-state index is -0.429. The summed E-state index contributed by atoms with van der Waals surface area (Å²) in [6.45, 7) is 3.62. The summed E-state index contributed by atoms with van der Waals surface area (Å²) in [6, 6.07) is 5.17. The van der Waals surface area contributed by atoms with Gasteiger partial charge in [0, 0.05) is 5.56 Å². The Hall–Kier alpha value is -2.01. The molecule has 0 aromatic heterocycles. The monoisotopic (exact) mass is 186 g/mol. The minimum Gasteiger partial charge on any atom is -0.465 e. The lowest BCUT2D eigenvalue weighted by atomic mass is 10.0. The molecule has 0 atom stereocenters. The summed E-state index contributed by atoms with van der Waals surface area (Å²) < 4.78 is 4.61. The van der Waals surface area contributed by atoms with E-state index in [1.54, 1.807) is 24.3 Å². The molecule has 0 aliphatic heterocycles. The lowest BCUT2D eigenvalue weighted by Gasteiger charge is -2.05. The van der Waals surface area contributed by atoms with Crippen LogP contribution in [-0.2, 0) is 4.74 Å². The maximum atomic E-state index is 11.3. The first-order valence-electron chi connectivity index (χ1n) is 4.05. The van der Waals surface area contributed by atoms with Gasteiger partial charge < -0.3 is 4.74 Å². The summed E-state index contributed by atoms with van der Waals surface area (Å²) in [5, 5.41) is 0. The molecule has 1 aromatic rings. The molecular formula is C12H10O2. The molecule has 70 valence electrons. The van der Waals surface area contributed by atoms with Gasteiger partial charge in [0.05, 0.1) is 12.7 Å². The Balaban J connectivity index is 3.38. The highest BCUT2D eigenvalue weighted by molar-refractivity contribution is 5.93. The molecule has 0 N–H and O–H groups in total. The van der Waals surface area contributed by atoms with E-state index >= 15 is 0 Å². The highest BCUT2D eigenvalue weighted by atomic mass is 16.5. The van der Waals surface area contributed by atoms with Crippen molar-refractivity contribution in [3.63, 3.8) is 0 Å². The second-order valence-electron chi connectivity index (χ2n) is 2.61. The van der Waals surface area contributed by atoms with E-state index in [0.717, 1.165) is 5.56 Å². The van der Waals surface area contributed by atoms with Crippen LogP contribution >= 0.6 is 0 Å². The first-order valence-corrected chi connectivity index (χ1v) is 4.05. The normalized spacial score (nSPS) is 8.86. The third-order valence-corrected chi connectivity index (χ3v) is 1.87. The zero-order chi connectivity index (χ0) is 10.6. The van der Waals surface area contributed by atoms with Crippen LogP contribution in [0, 0.1) is 12.3 Å². The summed E-state index contributed by atoms with van der Waals surface area (Å²) >= 11 is 0. The Morgan fingerprint density at radius 3 is 2.86 bits per heavy atom.